The minimum atomic E-state index is 0.981. The zero-order valence-electron chi connectivity index (χ0n) is 10.00. The van der Waals surface area contributed by atoms with Crippen LogP contribution in [-0.4, -0.2) is 23.6 Å². The number of hydrogen-bond donors (Lipinski definition) is 0. The fourth-order valence-corrected chi connectivity index (χ4v) is 2.75. The lowest BCUT2D eigenvalue weighted by molar-refractivity contribution is 0.389. The molecule has 0 aliphatic carbocycles. The van der Waals surface area contributed by atoms with Gasteiger partial charge >= 0.3 is 0 Å². The van der Waals surface area contributed by atoms with Gasteiger partial charge in [0.25, 0.3) is 0 Å². The summed E-state index contributed by atoms with van der Waals surface area (Å²) in [5.41, 5.74) is 2.68. The van der Waals surface area contributed by atoms with Crippen molar-refractivity contribution in [1.29, 1.82) is 0 Å². The number of nitrogens with zero attached hydrogens (tertiary/aromatic N) is 2. The van der Waals surface area contributed by atoms with Gasteiger partial charge in [0, 0.05) is 28.6 Å². The SMILES string of the molecule is CCn1c(CN(C)C)cc2cccc(Br)c21. The van der Waals surface area contributed by atoms with Crippen molar-refractivity contribution in [3.8, 4) is 0 Å². The number of benzene rings is 1. The molecule has 2 rings (SSSR count). The van der Waals surface area contributed by atoms with E-state index in [0.29, 0.717) is 0 Å². The van der Waals surface area contributed by atoms with Crippen LogP contribution in [0.3, 0.4) is 0 Å². The first-order valence-electron chi connectivity index (χ1n) is 5.55. The van der Waals surface area contributed by atoms with E-state index >= 15 is 0 Å². The van der Waals surface area contributed by atoms with Gasteiger partial charge in [-0.25, -0.2) is 0 Å². The van der Waals surface area contributed by atoms with Gasteiger partial charge < -0.3 is 9.47 Å². The minimum Gasteiger partial charge on any atom is -0.343 e. The third-order valence-corrected chi connectivity index (χ3v) is 3.39. The summed E-state index contributed by atoms with van der Waals surface area (Å²) < 4.78 is 3.55. The fraction of sp³-hybridized carbons (Fsp3) is 0.385. The van der Waals surface area contributed by atoms with E-state index in [1.54, 1.807) is 0 Å². The normalized spacial score (nSPS) is 11.6. The second-order valence-corrected chi connectivity index (χ2v) is 5.15. The number of para-hydroxylation sites is 1. The largest absolute Gasteiger partial charge is 0.343 e. The number of fused-ring (bicyclic) bond motifs is 1. The van der Waals surface area contributed by atoms with E-state index in [2.05, 4.69) is 70.7 Å². The molecule has 3 heteroatoms. The van der Waals surface area contributed by atoms with Crippen molar-refractivity contribution in [2.45, 2.75) is 20.0 Å². The van der Waals surface area contributed by atoms with E-state index in [9.17, 15) is 0 Å². The van der Waals surface area contributed by atoms with Gasteiger partial charge in [0.2, 0.25) is 0 Å². The molecule has 0 atom stereocenters. The van der Waals surface area contributed by atoms with Crippen LogP contribution in [0.25, 0.3) is 10.9 Å². The van der Waals surface area contributed by atoms with Crippen LogP contribution in [0.1, 0.15) is 12.6 Å². The molecule has 86 valence electrons. The molecule has 1 aromatic carbocycles. The van der Waals surface area contributed by atoms with Crippen LogP contribution in [0.2, 0.25) is 0 Å². The van der Waals surface area contributed by atoms with Crippen molar-refractivity contribution < 1.29 is 0 Å². The first-order chi connectivity index (χ1) is 7.63. The van der Waals surface area contributed by atoms with Crippen LogP contribution >= 0.6 is 15.9 Å². The summed E-state index contributed by atoms with van der Waals surface area (Å²) in [6, 6.07) is 8.65. The summed E-state index contributed by atoms with van der Waals surface area (Å²) in [7, 11) is 4.21. The van der Waals surface area contributed by atoms with Crippen LogP contribution < -0.4 is 0 Å². The molecule has 0 aliphatic heterocycles. The van der Waals surface area contributed by atoms with Crippen molar-refractivity contribution in [3.63, 3.8) is 0 Å². The highest BCUT2D eigenvalue weighted by molar-refractivity contribution is 9.10. The summed E-state index contributed by atoms with van der Waals surface area (Å²) >= 11 is 3.63. The van der Waals surface area contributed by atoms with E-state index in [4.69, 9.17) is 0 Å². The molecular formula is C13H17BrN2. The van der Waals surface area contributed by atoms with Gasteiger partial charge in [-0.15, -0.1) is 0 Å². The Kier molecular flexibility index (Phi) is 3.36. The smallest absolute Gasteiger partial charge is 0.0627 e. The Hall–Kier alpha value is -0.800. The van der Waals surface area contributed by atoms with Gasteiger partial charge in [-0.05, 0) is 49.1 Å². The molecule has 0 unspecified atom stereocenters. The van der Waals surface area contributed by atoms with Gasteiger partial charge in [-0.3, -0.25) is 0 Å². The quantitative estimate of drug-likeness (QED) is 0.836. The van der Waals surface area contributed by atoms with E-state index in [1.165, 1.54) is 21.1 Å². The Bertz CT molecular complexity index is 500. The predicted octanol–water partition coefficient (Wildman–Crippen LogP) is 3.49. The molecule has 0 saturated carbocycles. The number of halogens is 1. The summed E-state index contributed by atoms with van der Waals surface area (Å²) in [5, 5.41) is 1.31. The van der Waals surface area contributed by atoms with E-state index in [-0.39, 0.29) is 0 Å². The van der Waals surface area contributed by atoms with E-state index in [1.807, 2.05) is 0 Å². The zero-order chi connectivity index (χ0) is 11.7. The maximum absolute atomic E-state index is 3.63. The maximum Gasteiger partial charge on any atom is 0.0627 e. The summed E-state index contributed by atoms with van der Waals surface area (Å²) in [4.78, 5) is 2.20. The molecule has 1 aromatic heterocycles. The van der Waals surface area contributed by atoms with Crippen molar-refractivity contribution in [3.05, 3.63) is 34.4 Å². The van der Waals surface area contributed by atoms with Crippen LogP contribution in [-0.2, 0) is 13.1 Å². The molecule has 2 aromatic rings. The predicted molar refractivity (Wildman–Crippen MR) is 72.7 cm³/mol. The monoisotopic (exact) mass is 280 g/mol. The first kappa shape index (κ1) is 11.7. The lowest BCUT2D eigenvalue weighted by Crippen LogP contribution is -2.14. The topological polar surface area (TPSA) is 8.17 Å². The molecular weight excluding hydrogens is 264 g/mol. The second kappa shape index (κ2) is 4.60. The third kappa shape index (κ3) is 2.02. The maximum atomic E-state index is 3.63. The first-order valence-corrected chi connectivity index (χ1v) is 6.34. The Balaban J connectivity index is 2.62. The van der Waals surface area contributed by atoms with Crippen LogP contribution in [0, 0.1) is 0 Å². The van der Waals surface area contributed by atoms with E-state index in [0.717, 1.165) is 13.1 Å². The second-order valence-electron chi connectivity index (χ2n) is 4.30. The summed E-state index contributed by atoms with van der Waals surface area (Å²) in [5.74, 6) is 0. The molecule has 0 radical (unpaired) electrons. The van der Waals surface area contributed by atoms with Crippen molar-refractivity contribution in [2.75, 3.05) is 14.1 Å². The molecule has 0 bridgehead atoms. The fourth-order valence-electron chi connectivity index (χ4n) is 2.15. The molecule has 0 fully saturated rings. The molecule has 0 aliphatic rings. The summed E-state index contributed by atoms with van der Waals surface area (Å²) in [6.45, 7) is 4.18. The molecule has 0 N–H and O–H groups in total. The van der Waals surface area contributed by atoms with Gasteiger partial charge in [0.1, 0.15) is 0 Å². The van der Waals surface area contributed by atoms with Crippen molar-refractivity contribution in [1.82, 2.24) is 9.47 Å². The molecule has 0 amide bonds. The van der Waals surface area contributed by atoms with Gasteiger partial charge in [-0.2, -0.15) is 0 Å². The summed E-state index contributed by atoms with van der Waals surface area (Å²) in [6.07, 6.45) is 0. The Morgan fingerprint density at radius 1 is 1.31 bits per heavy atom. The highest BCUT2D eigenvalue weighted by Crippen LogP contribution is 2.27. The molecule has 0 saturated heterocycles. The van der Waals surface area contributed by atoms with Crippen LogP contribution in [0.5, 0.6) is 0 Å². The average Bonchev–Trinajstić information content (AvgIpc) is 2.55. The highest BCUT2D eigenvalue weighted by atomic mass is 79.9. The Morgan fingerprint density at radius 2 is 2.06 bits per heavy atom. The molecule has 2 nitrogen and oxygen atoms in total. The van der Waals surface area contributed by atoms with Crippen molar-refractivity contribution >= 4 is 26.8 Å². The standard InChI is InChI=1S/C13H17BrN2/c1-4-16-11(9-15(2)3)8-10-6-5-7-12(14)13(10)16/h5-8H,4,9H2,1-3H3. The minimum absolute atomic E-state index is 0.981. The Labute approximate surface area is 105 Å². The van der Waals surface area contributed by atoms with Gasteiger partial charge in [-0.1, -0.05) is 12.1 Å². The molecule has 16 heavy (non-hydrogen) atoms. The Morgan fingerprint density at radius 3 is 2.69 bits per heavy atom. The van der Waals surface area contributed by atoms with Crippen LogP contribution in [0.15, 0.2) is 28.7 Å². The van der Waals surface area contributed by atoms with Gasteiger partial charge in [0.05, 0.1) is 5.52 Å². The number of aromatic nitrogens is 1. The van der Waals surface area contributed by atoms with E-state index < -0.39 is 0 Å². The molecule has 1 heterocycles. The highest BCUT2D eigenvalue weighted by Gasteiger charge is 2.10. The zero-order valence-corrected chi connectivity index (χ0v) is 11.6. The number of rotatable bonds is 3. The average molecular weight is 281 g/mol. The van der Waals surface area contributed by atoms with Crippen LogP contribution in [0.4, 0.5) is 0 Å². The van der Waals surface area contributed by atoms with Gasteiger partial charge in [0.15, 0.2) is 0 Å². The van der Waals surface area contributed by atoms with Crippen molar-refractivity contribution in [2.24, 2.45) is 0 Å². The third-order valence-electron chi connectivity index (χ3n) is 2.75. The lowest BCUT2D eigenvalue weighted by Gasteiger charge is -2.13. The molecule has 0 spiro atoms. The lowest BCUT2D eigenvalue weighted by atomic mass is 10.2. The number of hydrogen-bond acceptors (Lipinski definition) is 1. The number of aryl methyl sites for hydroxylation is 1.